The molecule has 1 aromatic carbocycles. The molecule has 2 aromatic rings. The number of aromatic nitrogens is 1. The predicted octanol–water partition coefficient (Wildman–Crippen LogP) is 2.92. The third kappa shape index (κ3) is 4.03. The fourth-order valence-corrected chi connectivity index (χ4v) is 3.99. The van der Waals surface area contributed by atoms with E-state index in [0.29, 0.717) is 5.56 Å². The van der Waals surface area contributed by atoms with Crippen LogP contribution in [0.15, 0.2) is 36.5 Å². The second-order valence-electron chi connectivity index (χ2n) is 5.68. The number of carbonyl (C=O) groups is 1. The molecule has 0 aliphatic heterocycles. The topological polar surface area (TPSA) is 33.2 Å². The van der Waals surface area contributed by atoms with Crippen molar-refractivity contribution in [2.75, 3.05) is 11.9 Å². The highest BCUT2D eigenvalue weighted by Gasteiger charge is 2.31. The lowest BCUT2D eigenvalue weighted by atomic mass is 10.1. The van der Waals surface area contributed by atoms with Crippen LogP contribution in [0.1, 0.15) is 28.4 Å². The molecule has 0 saturated carbocycles. The third-order valence-electron chi connectivity index (χ3n) is 3.73. The average Bonchev–Trinajstić information content (AvgIpc) is 2.53. The fraction of sp³-hybridized carbons (Fsp3) is 0.294. The number of halogens is 3. The normalized spacial score (nSPS) is 11.9. The van der Waals surface area contributed by atoms with Gasteiger partial charge in [0, 0.05) is 18.8 Å². The second kappa shape index (κ2) is 7.17. The Hall–Kier alpha value is -2.15. The molecule has 0 bridgehead atoms. The first-order chi connectivity index (χ1) is 11.2. The van der Waals surface area contributed by atoms with Crippen molar-refractivity contribution in [1.29, 1.82) is 0 Å². The van der Waals surface area contributed by atoms with Gasteiger partial charge in [-0.3, -0.25) is 9.69 Å². The predicted molar refractivity (Wildman–Crippen MR) is 91.8 cm³/mol. The SMILES string of the molecule is CC[SiH2]c1cc(C)ccc1C(=O)N(C)c1ccc(C(F)(F)F)cn1. The van der Waals surface area contributed by atoms with E-state index in [9.17, 15) is 18.0 Å². The highest BCUT2D eigenvalue weighted by molar-refractivity contribution is 6.55. The molecule has 0 N–H and O–H groups in total. The summed E-state index contributed by atoms with van der Waals surface area (Å²) in [6.07, 6.45) is -3.69. The quantitative estimate of drug-likeness (QED) is 0.793. The van der Waals surface area contributed by atoms with E-state index in [2.05, 4.69) is 11.9 Å². The van der Waals surface area contributed by atoms with Crippen molar-refractivity contribution < 1.29 is 18.0 Å². The van der Waals surface area contributed by atoms with Gasteiger partial charge in [-0.15, -0.1) is 0 Å². The maximum absolute atomic E-state index is 12.7. The smallest absolute Gasteiger partial charge is 0.296 e. The number of hydrogen-bond acceptors (Lipinski definition) is 2. The number of carbonyl (C=O) groups excluding carboxylic acids is 1. The molecule has 0 spiro atoms. The van der Waals surface area contributed by atoms with Crippen molar-refractivity contribution in [2.45, 2.75) is 26.1 Å². The molecular weight excluding hydrogens is 333 g/mol. The standard InChI is InChI=1S/C17H19F3N2OSi/c1-4-24-14-9-11(2)5-7-13(14)16(23)22(3)15-8-6-12(10-21-15)17(18,19)20/h5-10H,4,24H2,1-3H3. The molecule has 0 radical (unpaired) electrons. The zero-order valence-electron chi connectivity index (χ0n) is 13.8. The van der Waals surface area contributed by atoms with Gasteiger partial charge < -0.3 is 0 Å². The van der Waals surface area contributed by atoms with Gasteiger partial charge in [-0.2, -0.15) is 13.2 Å². The van der Waals surface area contributed by atoms with E-state index in [4.69, 9.17) is 0 Å². The summed E-state index contributed by atoms with van der Waals surface area (Å²) in [6.45, 7) is 4.06. The molecule has 0 atom stereocenters. The first-order valence-electron chi connectivity index (χ1n) is 7.65. The van der Waals surface area contributed by atoms with E-state index in [0.717, 1.165) is 29.1 Å². The van der Waals surface area contributed by atoms with Crippen LogP contribution in [-0.4, -0.2) is 27.5 Å². The second-order valence-corrected chi connectivity index (χ2v) is 7.94. The van der Waals surface area contributed by atoms with Gasteiger partial charge in [-0.05, 0) is 25.1 Å². The minimum atomic E-state index is -4.44. The molecule has 128 valence electrons. The Morgan fingerprint density at radius 2 is 1.96 bits per heavy atom. The lowest BCUT2D eigenvalue weighted by Crippen LogP contribution is -2.33. The number of aryl methyl sites for hydroxylation is 1. The summed E-state index contributed by atoms with van der Waals surface area (Å²) in [5, 5.41) is 1.07. The van der Waals surface area contributed by atoms with E-state index >= 15 is 0 Å². The first-order valence-corrected chi connectivity index (χ1v) is 9.35. The van der Waals surface area contributed by atoms with Crippen molar-refractivity contribution in [3.8, 4) is 0 Å². The first kappa shape index (κ1) is 18.2. The Bertz CT molecular complexity index is 730. The summed E-state index contributed by atoms with van der Waals surface area (Å²) in [4.78, 5) is 17.8. The van der Waals surface area contributed by atoms with E-state index in [1.54, 1.807) is 6.07 Å². The van der Waals surface area contributed by atoms with Crippen LogP contribution in [0.2, 0.25) is 6.04 Å². The van der Waals surface area contributed by atoms with Crippen LogP contribution in [0.3, 0.4) is 0 Å². The number of rotatable bonds is 4. The third-order valence-corrected chi connectivity index (χ3v) is 5.36. The summed E-state index contributed by atoms with van der Waals surface area (Å²) in [6, 6.07) is 8.86. The number of hydrogen-bond donors (Lipinski definition) is 0. The van der Waals surface area contributed by atoms with Crippen LogP contribution >= 0.6 is 0 Å². The Balaban J connectivity index is 2.30. The largest absolute Gasteiger partial charge is 0.417 e. The number of alkyl halides is 3. The highest BCUT2D eigenvalue weighted by atomic mass is 28.2. The monoisotopic (exact) mass is 352 g/mol. The summed E-state index contributed by atoms with van der Waals surface area (Å²) < 4.78 is 37.8. The van der Waals surface area contributed by atoms with Gasteiger partial charge in [0.1, 0.15) is 5.82 Å². The van der Waals surface area contributed by atoms with Gasteiger partial charge in [-0.25, -0.2) is 4.98 Å². The summed E-state index contributed by atoms with van der Waals surface area (Å²) in [5.41, 5.74) is 0.873. The zero-order valence-corrected chi connectivity index (χ0v) is 15.2. The van der Waals surface area contributed by atoms with Crippen LogP contribution in [0.25, 0.3) is 0 Å². The lowest BCUT2D eigenvalue weighted by molar-refractivity contribution is -0.137. The molecule has 2 rings (SSSR count). The molecule has 0 unspecified atom stereocenters. The van der Waals surface area contributed by atoms with Crippen LogP contribution in [0.5, 0.6) is 0 Å². The number of pyridine rings is 1. The number of benzene rings is 1. The van der Waals surface area contributed by atoms with Crippen molar-refractivity contribution in [1.82, 2.24) is 4.98 Å². The summed E-state index contributed by atoms with van der Waals surface area (Å²) >= 11 is 0. The summed E-state index contributed by atoms with van der Waals surface area (Å²) in [5.74, 6) is -0.0594. The van der Waals surface area contributed by atoms with Crippen molar-refractivity contribution in [2.24, 2.45) is 0 Å². The Kier molecular flexibility index (Phi) is 5.43. The van der Waals surface area contributed by atoms with E-state index < -0.39 is 21.3 Å². The van der Waals surface area contributed by atoms with E-state index in [-0.39, 0.29) is 11.7 Å². The van der Waals surface area contributed by atoms with Crippen molar-refractivity contribution >= 4 is 26.4 Å². The van der Waals surface area contributed by atoms with E-state index in [1.165, 1.54) is 18.0 Å². The minimum absolute atomic E-state index is 0.192. The maximum atomic E-state index is 12.7. The number of anilines is 1. The zero-order chi connectivity index (χ0) is 17.9. The fourth-order valence-electron chi connectivity index (χ4n) is 2.44. The number of amides is 1. The van der Waals surface area contributed by atoms with E-state index in [1.807, 2.05) is 19.1 Å². The molecule has 0 saturated heterocycles. The summed E-state index contributed by atoms with van der Waals surface area (Å²) in [7, 11) is 0.975. The molecule has 1 heterocycles. The molecule has 7 heteroatoms. The van der Waals surface area contributed by atoms with Gasteiger partial charge >= 0.3 is 6.18 Å². The van der Waals surface area contributed by atoms with Crippen molar-refractivity contribution in [3.63, 3.8) is 0 Å². The molecule has 0 fully saturated rings. The molecular formula is C17H19F3N2OSi. The van der Waals surface area contributed by atoms with Gasteiger partial charge in [0.2, 0.25) is 0 Å². The van der Waals surface area contributed by atoms with Crippen LogP contribution in [0, 0.1) is 6.92 Å². The molecule has 24 heavy (non-hydrogen) atoms. The molecule has 0 aliphatic carbocycles. The average molecular weight is 352 g/mol. The van der Waals surface area contributed by atoms with Crippen molar-refractivity contribution in [3.05, 3.63) is 53.2 Å². The molecule has 3 nitrogen and oxygen atoms in total. The van der Waals surface area contributed by atoms with Crippen LogP contribution < -0.4 is 10.1 Å². The Labute approximate surface area is 141 Å². The van der Waals surface area contributed by atoms with Crippen LogP contribution in [0.4, 0.5) is 19.0 Å². The van der Waals surface area contributed by atoms with Crippen LogP contribution in [-0.2, 0) is 6.18 Å². The van der Waals surface area contributed by atoms with Gasteiger partial charge in [0.15, 0.2) is 0 Å². The van der Waals surface area contributed by atoms with Gasteiger partial charge in [-0.1, -0.05) is 35.9 Å². The maximum Gasteiger partial charge on any atom is 0.417 e. The highest BCUT2D eigenvalue weighted by Crippen LogP contribution is 2.29. The molecule has 0 aliphatic rings. The lowest BCUT2D eigenvalue weighted by Gasteiger charge is -2.19. The van der Waals surface area contributed by atoms with Gasteiger partial charge in [0.05, 0.1) is 15.1 Å². The molecule has 1 aromatic heterocycles. The Morgan fingerprint density at radius 1 is 1.25 bits per heavy atom. The van der Waals surface area contributed by atoms with Gasteiger partial charge in [0.25, 0.3) is 5.91 Å². The number of nitrogens with zero attached hydrogens (tertiary/aromatic N) is 2. The molecule has 1 amide bonds. The minimum Gasteiger partial charge on any atom is -0.296 e. The Morgan fingerprint density at radius 3 is 2.50 bits per heavy atom.